The van der Waals surface area contributed by atoms with Gasteiger partial charge in [0.1, 0.15) is 0 Å². The van der Waals surface area contributed by atoms with Crippen LogP contribution in [-0.2, 0) is 0 Å². The highest BCUT2D eigenvalue weighted by molar-refractivity contribution is 14.4. The van der Waals surface area contributed by atoms with Crippen LogP contribution in [0.15, 0.2) is 0 Å². The Labute approximate surface area is 185 Å². The van der Waals surface area contributed by atoms with Gasteiger partial charge in [-0.05, 0) is 11.1 Å². The summed E-state index contributed by atoms with van der Waals surface area (Å²) in [5.74, 6) is 0. The van der Waals surface area contributed by atoms with Crippen molar-refractivity contribution in [2.75, 3.05) is 0 Å². The molecule has 0 nitrogen and oxygen atoms in total. The Bertz CT molecular complexity index is 256. The number of hydrogen-bond donors (Lipinski definition) is 0. The third kappa shape index (κ3) is 5.00. The molecule has 0 aliphatic heterocycles. The summed E-state index contributed by atoms with van der Waals surface area (Å²) in [6, 6.07) is 0. The first-order valence-electron chi connectivity index (χ1n) is 5.60. The fourth-order valence-electron chi connectivity index (χ4n) is 1.69. The number of hydrogen-bond acceptors (Lipinski definition) is 0. The molecule has 104 valence electrons. The normalized spacial score (nSPS) is 20.8. The molecular formula is C8H18I6Si3. The second-order valence-electron chi connectivity index (χ2n) is 4.45. The molecule has 3 atom stereocenters. The number of halogens is 6. The van der Waals surface area contributed by atoms with Crippen molar-refractivity contribution in [1.29, 1.82) is 0 Å². The van der Waals surface area contributed by atoms with Gasteiger partial charge in [0, 0.05) is 0 Å². The molecule has 0 aromatic carbocycles. The summed E-state index contributed by atoms with van der Waals surface area (Å²) >= 11 is 17.5. The molecule has 0 saturated carbocycles. The van der Waals surface area contributed by atoms with Crippen LogP contribution in [0.25, 0.3) is 0 Å². The van der Waals surface area contributed by atoms with Crippen LogP contribution in [0.3, 0.4) is 0 Å². The molecule has 0 bridgehead atoms. The molecule has 0 aromatic heterocycles. The van der Waals surface area contributed by atoms with Crippen LogP contribution in [-0.4, -0.2) is 7.27 Å². The van der Waals surface area contributed by atoms with E-state index in [1.54, 1.807) is 0 Å². The highest BCUT2D eigenvalue weighted by atomic mass is 127. The van der Waals surface area contributed by atoms with Gasteiger partial charge in [-0.25, -0.2) is 0 Å². The lowest BCUT2D eigenvalue weighted by Gasteiger charge is -2.47. The molecule has 0 aromatic rings. The van der Waals surface area contributed by atoms with E-state index >= 15 is 0 Å². The van der Waals surface area contributed by atoms with E-state index in [2.05, 4.69) is 158 Å². The fraction of sp³-hybridized carbons (Fsp3) is 1.00. The van der Waals surface area contributed by atoms with Crippen LogP contribution in [0.2, 0.25) is 11.1 Å². The molecular weight excluding hydrogens is 942 g/mol. The van der Waals surface area contributed by atoms with E-state index in [-0.39, 0.29) is 0 Å². The van der Waals surface area contributed by atoms with Gasteiger partial charge < -0.3 is 0 Å². The Morgan fingerprint density at radius 2 is 1.12 bits per heavy atom. The minimum atomic E-state index is -1.18. The van der Waals surface area contributed by atoms with Crippen LogP contribution < -0.4 is 0 Å². The van der Waals surface area contributed by atoms with E-state index < -0.39 is 7.27 Å². The lowest BCUT2D eigenvalue weighted by atomic mass is 10.4. The van der Waals surface area contributed by atoms with E-state index in [9.17, 15) is 0 Å². The zero-order valence-electron chi connectivity index (χ0n) is 10.3. The first-order valence-corrected chi connectivity index (χ1v) is 32.4. The van der Waals surface area contributed by atoms with Crippen LogP contribution in [0.1, 0.15) is 40.5 Å². The maximum Gasteiger partial charge on any atom is 0.252 e. The highest BCUT2D eigenvalue weighted by Gasteiger charge is 2.66. The smallest absolute Gasteiger partial charge is 0.120 e. The second-order valence-corrected chi connectivity index (χ2v) is 97.0. The Kier molecular flexibility index (Phi) is 11.4. The largest absolute Gasteiger partial charge is 0.252 e. The summed E-state index contributed by atoms with van der Waals surface area (Å²) in [5, 5.41) is 0. The predicted octanol–water partition coefficient (Wildman–Crippen LogP) is 7.68. The first-order chi connectivity index (χ1) is 7.46. The highest BCUT2D eigenvalue weighted by Crippen LogP contribution is 2.60. The van der Waals surface area contributed by atoms with Gasteiger partial charge >= 0.3 is 0 Å². The SMILES string of the molecule is CCC(C)[Si](I)(I)[Si](I)(C(C)CC)[Si](I)(I)I. The predicted molar refractivity (Wildman–Crippen MR) is 141 cm³/mol. The molecule has 0 spiro atoms. The maximum atomic E-state index is 3.01. The molecule has 0 heterocycles. The molecule has 0 aliphatic carbocycles. The number of rotatable bonds is 6. The summed E-state index contributed by atoms with van der Waals surface area (Å²) in [4.78, 5) is 0. The van der Waals surface area contributed by atoms with Crippen molar-refractivity contribution in [3.05, 3.63) is 0 Å². The summed E-state index contributed by atoms with van der Waals surface area (Å²) in [7, 11) is 0. The fourth-order valence-corrected chi connectivity index (χ4v) is 192. The van der Waals surface area contributed by atoms with Crippen molar-refractivity contribution in [3.8, 4) is 0 Å². The second kappa shape index (κ2) is 8.76. The van der Waals surface area contributed by atoms with E-state index in [0.717, 1.165) is 11.1 Å². The molecule has 0 aliphatic rings. The third-order valence-electron chi connectivity index (χ3n) is 3.42. The van der Waals surface area contributed by atoms with Crippen molar-refractivity contribution in [3.63, 3.8) is 0 Å². The van der Waals surface area contributed by atoms with Gasteiger partial charge in [0.15, 0.2) is 7.19 Å². The molecule has 0 amide bonds. The molecule has 0 saturated heterocycles. The Morgan fingerprint density at radius 1 is 0.765 bits per heavy atom. The van der Waals surface area contributed by atoms with E-state index in [1.807, 2.05) is 0 Å². The quantitative estimate of drug-likeness (QED) is 0.146. The van der Waals surface area contributed by atoms with Gasteiger partial charge in [0.05, 0.1) is 0 Å². The van der Waals surface area contributed by atoms with Gasteiger partial charge in [-0.3, -0.25) is 0 Å². The molecule has 9 heteroatoms. The Morgan fingerprint density at radius 3 is 1.35 bits per heavy atom. The monoisotopic (exact) mass is 959 g/mol. The van der Waals surface area contributed by atoms with E-state index in [0.29, 0.717) is 0 Å². The maximum absolute atomic E-state index is 3.01. The standard InChI is InChI=1S/C8H18I6Si3/c1-5-7(3)15(9,10)16(11,8(4)6-2)17(12,13)14/h7-8H,5-6H2,1-4H3. The molecule has 0 radical (unpaired) electrons. The molecule has 3 unspecified atom stereocenters. The average Bonchev–Trinajstić information content (AvgIpc) is 2.23. The molecule has 0 rings (SSSR count). The first kappa shape index (κ1) is 22.0. The van der Waals surface area contributed by atoms with Crippen molar-refractivity contribution in [2.45, 2.75) is 51.6 Å². The Hall–Kier alpha value is 5.03. The minimum Gasteiger partial charge on any atom is -0.120 e. The average molecular weight is 960 g/mol. The van der Waals surface area contributed by atoms with Crippen molar-refractivity contribution in [1.82, 2.24) is 0 Å². The van der Waals surface area contributed by atoms with Gasteiger partial charge in [0.25, 0.3) is 0.0813 Å². The summed E-state index contributed by atoms with van der Waals surface area (Å²) < 4.78 is -3.49. The summed E-state index contributed by atoms with van der Waals surface area (Å²) in [6.45, 7) is 9.82. The zero-order valence-corrected chi connectivity index (χ0v) is 26.3. The van der Waals surface area contributed by atoms with Crippen molar-refractivity contribution >= 4 is 138 Å². The lowest BCUT2D eigenvalue weighted by molar-refractivity contribution is 0.855. The third-order valence-corrected chi connectivity index (χ3v) is 158. The topological polar surface area (TPSA) is 0 Å². The van der Waals surface area contributed by atoms with Crippen molar-refractivity contribution < 1.29 is 0 Å². The van der Waals surface area contributed by atoms with Crippen LogP contribution in [0, 0.1) is 0 Å². The van der Waals surface area contributed by atoms with E-state index in [4.69, 9.17) is 0 Å². The molecule has 0 fully saturated rings. The van der Waals surface area contributed by atoms with Crippen molar-refractivity contribution in [2.24, 2.45) is 0 Å². The summed E-state index contributed by atoms with van der Waals surface area (Å²) in [5.41, 5.74) is 1.92. The van der Waals surface area contributed by atoms with Gasteiger partial charge in [-0.1, -0.05) is 106 Å². The molecule has 17 heavy (non-hydrogen) atoms. The Balaban J connectivity index is 5.64. The van der Waals surface area contributed by atoms with Crippen LogP contribution >= 0.6 is 131 Å². The lowest BCUT2D eigenvalue weighted by Crippen LogP contribution is -2.65. The minimum absolute atomic E-state index is 0.951. The molecule has 0 N–H and O–H groups in total. The zero-order chi connectivity index (χ0) is 14.1. The van der Waals surface area contributed by atoms with Crippen LogP contribution in [0.4, 0.5) is 0 Å². The van der Waals surface area contributed by atoms with Gasteiger partial charge in [-0.15, -0.1) is 65.4 Å². The van der Waals surface area contributed by atoms with Crippen LogP contribution in [0.5, 0.6) is 0 Å². The van der Waals surface area contributed by atoms with Gasteiger partial charge in [-0.2, -0.15) is 0 Å². The summed E-state index contributed by atoms with van der Waals surface area (Å²) in [6.07, 6.45) is 2.73. The van der Waals surface area contributed by atoms with Gasteiger partial charge in [0.2, 0.25) is 0 Å². The van der Waals surface area contributed by atoms with E-state index in [1.165, 1.54) is 12.8 Å².